The van der Waals surface area contributed by atoms with Gasteiger partial charge in [0, 0.05) is 13.1 Å². The summed E-state index contributed by atoms with van der Waals surface area (Å²) in [5, 5.41) is 6.08. The minimum atomic E-state index is -1.43. The minimum Gasteiger partial charge on any atom is -0.461 e. The van der Waals surface area contributed by atoms with Gasteiger partial charge in [0.15, 0.2) is 0 Å². The second-order valence-corrected chi connectivity index (χ2v) is 12.7. The second-order valence-electron chi connectivity index (χ2n) is 12.7. The second kappa shape index (κ2) is 19.0. The number of benzene rings is 2. The normalized spacial score (nSPS) is 11.8. The van der Waals surface area contributed by atoms with Gasteiger partial charge in [0.1, 0.15) is 30.5 Å². The Hall–Kier alpha value is -4.81. The number of rotatable bonds is 14. The average molecular weight is 657 g/mol. The number of hydrazine groups is 1. The van der Waals surface area contributed by atoms with Crippen molar-refractivity contribution in [3.8, 4) is 0 Å². The molecular weight excluding hydrogens is 608 g/mol. The van der Waals surface area contributed by atoms with Gasteiger partial charge in [0.05, 0.1) is 6.42 Å². The third-order valence-corrected chi connectivity index (χ3v) is 6.02. The summed E-state index contributed by atoms with van der Waals surface area (Å²) in [6, 6.07) is 16.9. The van der Waals surface area contributed by atoms with Crippen molar-refractivity contribution in [2.75, 3.05) is 13.1 Å². The van der Waals surface area contributed by atoms with Gasteiger partial charge in [-0.15, -0.1) is 0 Å². The topological polar surface area (TPSA) is 162 Å². The van der Waals surface area contributed by atoms with Gasteiger partial charge in [-0.3, -0.25) is 15.0 Å². The van der Waals surface area contributed by atoms with E-state index in [4.69, 9.17) is 18.9 Å². The summed E-state index contributed by atoms with van der Waals surface area (Å²) in [4.78, 5) is 63.7. The van der Waals surface area contributed by atoms with E-state index in [9.17, 15) is 24.0 Å². The van der Waals surface area contributed by atoms with Crippen LogP contribution in [0.25, 0.3) is 0 Å². The predicted molar refractivity (Wildman–Crippen MR) is 174 cm³/mol. The molecule has 13 nitrogen and oxygen atoms in total. The lowest BCUT2D eigenvalue weighted by Crippen LogP contribution is -2.56. The fourth-order valence-corrected chi connectivity index (χ4v) is 3.88. The number of amides is 4. The van der Waals surface area contributed by atoms with Gasteiger partial charge in [-0.1, -0.05) is 60.7 Å². The number of hydrogen-bond acceptors (Lipinski definition) is 9. The van der Waals surface area contributed by atoms with E-state index in [1.54, 1.807) is 65.8 Å². The fraction of sp³-hybridized carbons (Fsp3) is 0.500. The molecule has 0 aliphatic heterocycles. The molecule has 0 bridgehead atoms. The van der Waals surface area contributed by atoms with Crippen LogP contribution in [-0.4, -0.2) is 65.5 Å². The highest BCUT2D eigenvalue weighted by Crippen LogP contribution is 2.12. The molecule has 4 amide bonds. The van der Waals surface area contributed by atoms with Crippen LogP contribution >= 0.6 is 0 Å². The minimum absolute atomic E-state index is 0.0237. The van der Waals surface area contributed by atoms with Crippen LogP contribution in [0, 0.1) is 0 Å². The highest BCUT2D eigenvalue weighted by atomic mass is 16.6. The highest BCUT2D eigenvalue weighted by molar-refractivity contribution is 5.90. The molecule has 0 heterocycles. The smallest absolute Gasteiger partial charge is 0.429 e. The molecule has 13 heteroatoms. The van der Waals surface area contributed by atoms with Crippen LogP contribution in [0.15, 0.2) is 60.7 Å². The number of esters is 1. The zero-order chi connectivity index (χ0) is 34.9. The molecule has 0 aliphatic carbocycles. The van der Waals surface area contributed by atoms with Crippen molar-refractivity contribution in [1.29, 1.82) is 0 Å². The molecule has 2 aromatic carbocycles. The van der Waals surface area contributed by atoms with Crippen LogP contribution in [0.2, 0.25) is 0 Å². The standard InChI is InChI=1S/C34H48N4O9/c1-33(2,3)46-31(42)36-27(22-28(39)44-23-25-16-10-7-11-17-25)29(40)37-38(32(43)47-34(4,5)6)21-15-9-14-20-35-30(41)45-24-26-18-12-8-13-19-26/h7-8,10-13,16-19,27H,9,14-15,20-24H2,1-6H3,(H,35,41)(H,36,42)(H,37,40)/t27-/m0/s1. The first-order valence-corrected chi connectivity index (χ1v) is 15.6. The third-order valence-electron chi connectivity index (χ3n) is 6.02. The van der Waals surface area contributed by atoms with Crippen LogP contribution in [0.3, 0.4) is 0 Å². The molecule has 2 aromatic rings. The van der Waals surface area contributed by atoms with E-state index < -0.39 is 53.8 Å². The van der Waals surface area contributed by atoms with E-state index in [1.165, 1.54) is 0 Å². The molecular formula is C34H48N4O9. The van der Waals surface area contributed by atoms with Crippen LogP contribution in [-0.2, 0) is 41.8 Å². The van der Waals surface area contributed by atoms with Gasteiger partial charge in [-0.25, -0.2) is 19.4 Å². The fourth-order valence-electron chi connectivity index (χ4n) is 3.88. The summed E-state index contributed by atoms with van der Waals surface area (Å²) in [6.07, 6.45) is -1.22. The number of carbonyl (C=O) groups excluding carboxylic acids is 5. The summed E-state index contributed by atoms with van der Waals surface area (Å²) in [6.45, 7) is 10.6. The van der Waals surface area contributed by atoms with E-state index in [0.717, 1.165) is 16.1 Å². The lowest BCUT2D eigenvalue weighted by Gasteiger charge is -2.29. The molecule has 47 heavy (non-hydrogen) atoms. The Morgan fingerprint density at radius 1 is 0.702 bits per heavy atom. The number of alkyl carbamates (subject to hydrolysis) is 2. The highest BCUT2D eigenvalue weighted by Gasteiger charge is 2.31. The Bertz CT molecular complexity index is 1290. The van der Waals surface area contributed by atoms with Crippen LogP contribution in [0.4, 0.5) is 14.4 Å². The van der Waals surface area contributed by atoms with Crippen molar-refractivity contribution in [2.45, 2.75) is 97.7 Å². The summed E-state index contributed by atoms with van der Waals surface area (Å²) in [7, 11) is 0. The lowest BCUT2D eigenvalue weighted by molar-refractivity contribution is -0.147. The number of hydrogen-bond donors (Lipinski definition) is 3. The molecule has 258 valence electrons. The van der Waals surface area contributed by atoms with Crippen molar-refractivity contribution < 1.29 is 42.9 Å². The predicted octanol–water partition coefficient (Wildman–Crippen LogP) is 5.38. The van der Waals surface area contributed by atoms with E-state index >= 15 is 0 Å². The molecule has 3 N–H and O–H groups in total. The molecule has 1 atom stereocenters. The first-order chi connectivity index (χ1) is 22.1. The number of nitrogens with one attached hydrogen (secondary N) is 3. The SMILES string of the molecule is CC(C)(C)OC(=O)N[C@@H](CC(=O)OCc1ccccc1)C(=O)NN(CCCCCNC(=O)OCc1ccccc1)C(=O)OC(C)(C)C. The maximum Gasteiger partial charge on any atom is 0.429 e. The summed E-state index contributed by atoms with van der Waals surface area (Å²) >= 11 is 0. The molecule has 0 radical (unpaired) electrons. The van der Waals surface area contributed by atoms with Crippen molar-refractivity contribution in [3.05, 3.63) is 71.8 Å². The number of ether oxygens (including phenoxy) is 4. The van der Waals surface area contributed by atoms with Crippen molar-refractivity contribution in [3.63, 3.8) is 0 Å². The summed E-state index contributed by atoms with van der Waals surface area (Å²) in [5.74, 6) is -1.59. The zero-order valence-corrected chi connectivity index (χ0v) is 28.1. The quantitative estimate of drug-likeness (QED) is 0.105. The van der Waals surface area contributed by atoms with E-state index in [-0.39, 0.29) is 19.8 Å². The Morgan fingerprint density at radius 3 is 1.81 bits per heavy atom. The van der Waals surface area contributed by atoms with Crippen molar-refractivity contribution in [2.24, 2.45) is 0 Å². The molecule has 0 aliphatic rings. The molecule has 0 saturated heterocycles. The summed E-state index contributed by atoms with van der Waals surface area (Å²) < 4.78 is 21.3. The lowest BCUT2D eigenvalue weighted by atomic mass is 10.2. The molecule has 0 unspecified atom stereocenters. The number of nitrogens with zero attached hydrogens (tertiary/aromatic N) is 1. The average Bonchev–Trinajstić information content (AvgIpc) is 2.99. The number of unbranched alkanes of at least 4 members (excludes halogenated alkanes) is 2. The van der Waals surface area contributed by atoms with E-state index in [2.05, 4.69) is 16.1 Å². The van der Waals surface area contributed by atoms with Crippen LogP contribution < -0.4 is 16.1 Å². The van der Waals surface area contributed by atoms with E-state index in [1.807, 2.05) is 36.4 Å². The molecule has 0 aromatic heterocycles. The van der Waals surface area contributed by atoms with Gasteiger partial charge < -0.3 is 29.6 Å². The van der Waals surface area contributed by atoms with Crippen LogP contribution in [0.5, 0.6) is 0 Å². The third kappa shape index (κ3) is 17.5. The molecule has 0 fully saturated rings. The summed E-state index contributed by atoms with van der Waals surface area (Å²) in [5.41, 5.74) is 2.37. The van der Waals surface area contributed by atoms with E-state index in [0.29, 0.717) is 25.8 Å². The van der Waals surface area contributed by atoms with Crippen LogP contribution in [0.1, 0.15) is 78.4 Å². The Morgan fingerprint density at radius 2 is 1.26 bits per heavy atom. The first kappa shape index (κ1) is 38.4. The largest absolute Gasteiger partial charge is 0.461 e. The maximum absolute atomic E-state index is 13.4. The van der Waals surface area contributed by atoms with Gasteiger partial charge in [-0.05, 0) is 71.9 Å². The van der Waals surface area contributed by atoms with Gasteiger partial charge >= 0.3 is 24.2 Å². The Balaban J connectivity index is 1.98. The first-order valence-electron chi connectivity index (χ1n) is 15.6. The van der Waals surface area contributed by atoms with Crippen molar-refractivity contribution in [1.82, 2.24) is 21.1 Å². The molecule has 0 saturated carbocycles. The van der Waals surface area contributed by atoms with Gasteiger partial charge in [0.25, 0.3) is 5.91 Å². The van der Waals surface area contributed by atoms with Gasteiger partial charge in [0.2, 0.25) is 0 Å². The molecule has 0 spiro atoms. The van der Waals surface area contributed by atoms with Gasteiger partial charge in [-0.2, -0.15) is 0 Å². The zero-order valence-electron chi connectivity index (χ0n) is 28.1. The monoisotopic (exact) mass is 656 g/mol. The Labute approximate surface area is 276 Å². The Kier molecular flexibility index (Phi) is 15.5. The molecule has 2 rings (SSSR count). The van der Waals surface area contributed by atoms with Crippen molar-refractivity contribution >= 4 is 30.2 Å². The number of carbonyl (C=O) groups is 5. The maximum atomic E-state index is 13.4.